The van der Waals surface area contributed by atoms with E-state index in [0.29, 0.717) is 6.54 Å². The standard InChI is InChI=1S/C17H22N4O2/c18-17(22)13-20(12-16-3-1-10-23-16)11-14-4-6-15(7-5-14)21-9-2-8-19-21/h2,4-9,16H,1,3,10-13H2,(H2,18,22)/t16-/m0/s1. The zero-order valence-corrected chi connectivity index (χ0v) is 13.1. The first-order chi connectivity index (χ1) is 11.2. The molecule has 1 saturated heterocycles. The Labute approximate surface area is 135 Å². The number of carbonyl (C=O) groups excluding carboxylic acids is 1. The lowest BCUT2D eigenvalue weighted by molar-refractivity contribution is -0.119. The zero-order chi connectivity index (χ0) is 16.1. The topological polar surface area (TPSA) is 73.4 Å². The third-order valence-electron chi connectivity index (χ3n) is 3.98. The van der Waals surface area contributed by atoms with Crippen LogP contribution < -0.4 is 5.73 Å². The van der Waals surface area contributed by atoms with Crippen molar-refractivity contribution in [3.05, 3.63) is 48.3 Å². The minimum absolute atomic E-state index is 0.206. The van der Waals surface area contributed by atoms with Crippen LogP contribution >= 0.6 is 0 Å². The third-order valence-corrected chi connectivity index (χ3v) is 3.98. The maximum Gasteiger partial charge on any atom is 0.231 e. The number of ether oxygens (including phenoxy) is 1. The van der Waals surface area contributed by atoms with Gasteiger partial charge in [0.2, 0.25) is 5.91 Å². The molecule has 0 radical (unpaired) electrons. The Balaban J connectivity index is 1.64. The van der Waals surface area contributed by atoms with Gasteiger partial charge in [0.25, 0.3) is 0 Å². The summed E-state index contributed by atoms with van der Waals surface area (Å²) in [5.74, 6) is -0.309. The van der Waals surface area contributed by atoms with Crippen molar-refractivity contribution in [2.24, 2.45) is 5.73 Å². The van der Waals surface area contributed by atoms with E-state index in [2.05, 4.69) is 22.1 Å². The molecule has 1 aliphatic rings. The molecular formula is C17H22N4O2. The molecule has 2 heterocycles. The summed E-state index contributed by atoms with van der Waals surface area (Å²) in [6, 6.07) is 10.1. The monoisotopic (exact) mass is 314 g/mol. The van der Waals surface area contributed by atoms with Crippen LogP contribution in [0.4, 0.5) is 0 Å². The van der Waals surface area contributed by atoms with Crippen LogP contribution in [0.5, 0.6) is 0 Å². The van der Waals surface area contributed by atoms with Gasteiger partial charge in [-0.25, -0.2) is 4.68 Å². The number of benzene rings is 1. The van der Waals surface area contributed by atoms with Gasteiger partial charge in [0, 0.05) is 32.1 Å². The molecule has 1 aromatic carbocycles. The molecule has 1 aromatic heterocycles. The van der Waals surface area contributed by atoms with E-state index in [9.17, 15) is 4.79 Å². The van der Waals surface area contributed by atoms with Crippen molar-refractivity contribution in [3.8, 4) is 5.69 Å². The SMILES string of the molecule is NC(=O)CN(Cc1ccc(-n2cccn2)cc1)C[C@@H]1CCCO1. The molecule has 122 valence electrons. The molecule has 0 bridgehead atoms. The number of aromatic nitrogens is 2. The fourth-order valence-electron chi connectivity index (χ4n) is 2.92. The molecule has 2 aromatic rings. The molecule has 0 spiro atoms. The van der Waals surface area contributed by atoms with Crippen molar-refractivity contribution >= 4 is 5.91 Å². The van der Waals surface area contributed by atoms with Crippen LogP contribution in [0.2, 0.25) is 0 Å². The lowest BCUT2D eigenvalue weighted by Crippen LogP contribution is -2.38. The quantitative estimate of drug-likeness (QED) is 0.837. The summed E-state index contributed by atoms with van der Waals surface area (Å²) in [5, 5.41) is 4.21. The minimum atomic E-state index is -0.309. The molecule has 0 unspecified atom stereocenters. The summed E-state index contributed by atoms with van der Waals surface area (Å²) in [5.41, 5.74) is 7.53. The Kier molecular flexibility index (Phi) is 5.05. The number of carbonyl (C=O) groups is 1. The van der Waals surface area contributed by atoms with Gasteiger partial charge in [-0.3, -0.25) is 9.69 Å². The highest BCUT2D eigenvalue weighted by molar-refractivity contribution is 5.75. The van der Waals surface area contributed by atoms with Crippen LogP contribution in [0.1, 0.15) is 18.4 Å². The van der Waals surface area contributed by atoms with Gasteiger partial charge in [0.05, 0.1) is 18.3 Å². The molecule has 6 nitrogen and oxygen atoms in total. The highest BCUT2D eigenvalue weighted by Crippen LogP contribution is 2.16. The van der Waals surface area contributed by atoms with Crippen LogP contribution in [-0.2, 0) is 16.1 Å². The van der Waals surface area contributed by atoms with Gasteiger partial charge in [0.1, 0.15) is 0 Å². The van der Waals surface area contributed by atoms with Crippen LogP contribution in [-0.4, -0.2) is 46.4 Å². The highest BCUT2D eigenvalue weighted by Gasteiger charge is 2.20. The van der Waals surface area contributed by atoms with Crippen molar-refractivity contribution in [2.45, 2.75) is 25.5 Å². The fourth-order valence-corrected chi connectivity index (χ4v) is 2.92. The van der Waals surface area contributed by atoms with Gasteiger partial charge in [-0.15, -0.1) is 0 Å². The number of hydrogen-bond donors (Lipinski definition) is 1. The number of amides is 1. The Morgan fingerprint density at radius 2 is 2.22 bits per heavy atom. The third kappa shape index (κ3) is 4.40. The summed E-state index contributed by atoms with van der Waals surface area (Å²) in [6.45, 7) is 2.49. The average Bonchev–Trinajstić information content (AvgIpc) is 3.20. The van der Waals surface area contributed by atoms with Crippen molar-refractivity contribution in [1.82, 2.24) is 14.7 Å². The van der Waals surface area contributed by atoms with E-state index in [4.69, 9.17) is 10.5 Å². The predicted molar refractivity (Wildman–Crippen MR) is 87.0 cm³/mol. The molecule has 3 rings (SSSR count). The van der Waals surface area contributed by atoms with Crippen LogP contribution in [0.15, 0.2) is 42.7 Å². The molecule has 23 heavy (non-hydrogen) atoms. The van der Waals surface area contributed by atoms with E-state index in [1.54, 1.807) is 6.20 Å². The van der Waals surface area contributed by atoms with Gasteiger partial charge in [0.15, 0.2) is 0 Å². The second-order valence-electron chi connectivity index (χ2n) is 5.89. The Hall–Kier alpha value is -2.18. The second kappa shape index (κ2) is 7.39. The van der Waals surface area contributed by atoms with E-state index in [1.807, 2.05) is 29.1 Å². The van der Waals surface area contributed by atoms with Crippen molar-refractivity contribution in [1.29, 1.82) is 0 Å². The Morgan fingerprint density at radius 3 is 2.83 bits per heavy atom. The van der Waals surface area contributed by atoms with Crippen molar-refractivity contribution in [2.75, 3.05) is 19.7 Å². The van der Waals surface area contributed by atoms with Gasteiger partial charge >= 0.3 is 0 Å². The fraction of sp³-hybridized carbons (Fsp3) is 0.412. The summed E-state index contributed by atoms with van der Waals surface area (Å²) >= 11 is 0. The molecular weight excluding hydrogens is 292 g/mol. The molecule has 2 N–H and O–H groups in total. The molecule has 1 aliphatic heterocycles. The predicted octanol–water partition coefficient (Wildman–Crippen LogP) is 1.34. The summed E-state index contributed by atoms with van der Waals surface area (Å²) in [6.07, 6.45) is 6.01. The minimum Gasteiger partial charge on any atom is -0.377 e. The van der Waals surface area contributed by atoms with Gasteiger partial charge in [-0.2, -0.15) is 5.10 Å². The lowest BCUT2D eigenvalue weighted by atomic mass is 10.1. The first kappa shape index (κ1) is 15.7. The number of rotatable bonds is 7. The number of primary amides is 1. The molecule has 1 amide bonds. The van der Waals surface area contributed by atoms with Crippen LogP contribution in [0, 0.1) is 0 Å². The van der Waals surface area contributed by atoms with Crippen LogP contribution in [0.3, 0.4) is 0 Å². The number of hydrogen-bond acceptors (Lipinski definition) is 4. The molecule has 1 atom stereocenters. The van der Waals surface area contributed by atoms with Gasteiger partial charge < -0.3 is 10.5 Å². The van der Waals surface area contributed by atoms with Crippen molar-refractivity contribution < 1.29 is 9.53 Å². The largest absolute Gasteiger partial charge is 0.377 e. The maximum absolute atomic E-state index is 11.3. The molecule has 0 saturated carbocycles. The van der Waals surface area contributed by atoms with Gasteiger partial charge in [-0.05, 0) is 36.6 Å². The smallest absolute Gasteiger partial charge is 0.231 e. The number of nitrogens with two attached hydrogens (primary N) is 1. The Bertz CT molecular complexity index is 619. The van der Waals surface area contributed by atoms with E-state index in [1.165, 1.54) is 0 Å². The first-order valence-electron chi connectivity index (χ1n) is 7.92. The summed E-state index contributed by atoms with van der Waals surface area (Å²) in [4.78, 5) is 13.4. The lowest BCUT2D eigenvalue weighted by Gasteiger charge is -2.24. The normalized spacial score (nSPS) is 17.7. The van der Waals surface area contributed by atoms with Crippen LogP contribution in [0.25, 0.3) is 5.69 Å². The average molecular weight is 314 g/mol. The zero-order valence-electron chi connectivity index (χ0n) is 13.1. The summed E-state index contributed by atoms with van der Waals surface area (Å²) < 4.78 is 7.48. The highest BCUT2D eigenvalue weighted by atomic mass is 16.5. The van der Waals surface area contributed by atoms with E-state index < -0.39 is 0 Å². The molecule has 1 fully saturated rings. The van der Waals surface area contributed by atoms with E-state index in [0.717, 1.165) is 37.2 Å². The van der Waals surface area contributed by atoms with E-state index >= 15 is 0 Å². The van der Waals surface area contributed by atoms with Gasteiger partial charge in [-0.1, -0.05) is 12.1 Å². The summed E-state index contributed by atoms with van der Waals surface area (Å²) in [7, 11) is 0. The first-order valence-corrected chi connectivity index (χ1v) is 7.92. The second-order valence-corrected chi connectivity index (χ2v) is 5.89. The van der Waals surface area contributed by atoms with E-state index in [-0.39, 0.29) is 18.6 Å². The molecule has 0 aliphatic carbocycles. The maximum atomic E-state index is 11.3. The molecule has 6 heteroatoms. The number of nitrogens with zero attached hydrogens (tertiary/aromatic N) is 3. The Morgan fingerprint density at radius 1 is 1.39 bits per heavy atom. The van der Waals surface area contributed by atoms with Crippen molar-refractivity contribution in [3.63, 3.8) is 0 Å².